The Hall–Kier alpha value is -0.610. The van der Waals surface area contributed by atoms with Crippen LogP contribution in [0.3, 0.4) is 0 Å². The molecule has 0 fully saturated rings. The summed E-state index contributed by atoms with van der Waals surface area (Å²) in [5.74, 6) is -0.955. The number of aliphatic carboxylic acids is 1. The minimum Gasteiger partial charge on any atom is -0.480 e. The van der Waals surface area contributed by atoms with E-state index in [2.05, 4.69) is 0 Å². The van der Waals surface area contributed by atoms with Crippen molar-refractivity contribution in [3.05, 3.63) is 0 Å². The van der Waals surface area contributed by atoms with E-state index >= 15 is 0 Å². The van der Waals surface area contributed by atoms with Gasteiger partial charge in [0.1, 0.15) is 6.04 Å². The van der Waals surface area contributed by atoms with E-state index < -0.39 is 12.0 Å². The van der Waals surface area contributed by atoms with Gasteiger partial charge in [0.05, 0.1) is 0 Å². The summed E-state index contributed by atoms with van der Waals surface area (Å²) in [6.45, 7) is 0.501. The maximum absolute atomic E-state index is 10.0. The van der Waals surface area contributed by atoms with E-state index in [9.17, 15) is 4.79 Å². The van der Waals surface area contributed by atoms with E-state index in [4.69, 9.17) is 16.6 Å². The normalized spacial score (nSPS) is 13.1. The average molecular weight is 134 g/mol. The Morgan fingerprint density at radius 1 is 1.78 bits per heavy atom. The monoisotopic (exact) mass is 134 g/mol. The lowest BCUT2D eigenvalue weighted by Crippen LogP contribution is -2.30. The quantitative estimate of drug-likeness (QED) is 0.466. The molecule has 0 spiro atoms. The maximum atomic E-state index is 10.0. The number of hydrogen-bond acceptors (Lipinski definition) is 3. The first-order valence-electron chi connectivity index (χ1n) is 2.87. The Morgan fingerprint density at radius 2 is 2.33 bits per heavy atom. The van der Waals surface area contributed by atoms with Gasteiger partial charge in [-0.25, -0.2) is 0 Å². The van der Waals surface area contributed by atoms with Gasteiger partial charge in [-0.3, -0.25) is 4.79 Å². The molecule has 0 aromatic heterocycles. The molecule has 0 aliphatic carbocycles. The molecular weight excluding hydrogens is 122 g/mol. The van der Waals surface area contributed by atoms with E-state index in [1.165, 1.54) is 0 Å². The molecule has 54 valence electrons. The smallest absolute Gasteiger partial charge is 0.320 e. The first-order valence-corrected chi connectivity index (χ1v) is 2.87. The van der Waals surface area contributed by atoms with Crippen LogP contribution in [0.4, 0.5) is 0 Å². The van der Waals surface area contributed by atoms with Crippen molar-refractivity contribution in [3.63, 3.8) is 0 Å². The lowest BCUT2D eigenvalue weighted by atomic mass is 10.2. The van der Waals surface area contributed by atoms with Crippen molar-refractivity contribution in [3.8, 4) is 0 Å². The predicted octanol–water partition coefficient (Wildman–Crippen LogP) is -0.863. The molecule has 0 rings (SSSR count). The largest absolute Gasteiger partial charge is 0.480 e. The van der Waals surface area contributed by atoms with Crippen molar-refractivity contribution in [2.75, 3.05) is 6.54 Å². The van der Waals surface area contributed by atoms with Gasteiger partial charge < -0.3 is 16.6 Å². The van der Waals surface area contributed by atoms with Crippen LogP contribution in [0.1, 0.15) is 12.8 Å². The van der Waals surface area contributed by atoms with E-state index in [-0.39, 0.29) is 0 Å². The molecule has 0 aromatic carbocycles. The molecule has 4 nitrogen and oxygen atoms in total. The lowest BCUT2D eigenvalue weighted by molar-refractivity contribution is -0.138. The number of carboxylic acids is 1. The number of carbonyl (C=O) groups is 1. The predicted molar refractivity (Wildman–Crippen MR) is 33.9 cm³/mol. The highest BCUT2D eigenvalue weighted by Crippen LogP contribution is 1.91. The third-order valence-electron chi connectivity index (χ3n) is 1.04. The van der Waals surface area contributed by atoms with Crippen molar-refractivity contribution in [2.24, 2.45) is 11.5 Å². The second-order valence-corrected chi connectivity index (χ2v) is 1.88. The summed E-state index contributed by atoms with van der Waals surface area (Å²) in [6, 6.07) is -0.742. The van der Waals surface area contributed by atoms with Crippen molar-refractivity contribution < 1.29 is 9.90 Å². The van der Waals surface area contributed by atoms with Gasteiger partial charge in [-0.05, 0) is 19.4 Å². The Labute approximate surface area is 53.8 Å². The molecule has 5 N–H and O–H groups in total. The van der Waals surface area contributed by atoms with Crippen molar-refractivity contribution in [1.82, 2.24) is 0 Å². The van der Waals surface area contributed by atoms with E-state index in [0.29, 0.717) is 19.4 Å². The van der Waals surface area contributed by atoms with Crippen LogP contribution < -0.4 is 11.5 Å². The molecule has 0 aliphatic heterocycles. The molecule has 0 aromatic rings. The molecule has 0 heterocycles. The van der Waals surface area contributed by atoms with Crippen LogP contribution in [0.15, 0.2) is 0 Å². The fraction of sp³-hybridized carbons (Fsp3) is 0.800. The zero-order valence-electron chi connectivity index (χ0n) is 5.21. The first kappa shape index (κ1) is 8.39. The van der Waals surface area contributed by atoms with Crippen LogP contribution in [0.2, 0.25) is 0 Å². The Morgan fingerprint density at radius 3 is 2.67 bits per heavy atom. The summed E-state index contributed by atoms with van der Waals surface area (Å²) >= 11 is 0. The SMILES string of the molecule is N[14CH2]CC[C@H](N)C(=O)O. The van der Waals surface area contributed by atoms with Crippen molar-refractivity contribution in [1.29, 1.82) is 0 Å². The van der Waals surface area contributed by atoms with Crippen LogP contribution in [-0.4, -0.2) is 23.7 Å². The van der Waals surface area contributed by atoms with Gasteiger partial charge in [-0.1, -0.05) is 0 Å². The van der Waals surface area contributed by atoms with Gasteiger partial charge in [-0.2, -0.15) is 0 Å². The van der Waals surface area contributed by atoms with Crippen LogP contribution >= 0.6 is 0 Å². The summed E-state index contributed by atoms with van der Waals surface area (Å²) in [5.41, 5.74) is 10.3. The molecular formula is C5H12N2O2. The topological polar surface area (TPSA) is 89.3 Å². The summed E-state index contributed by atoms with van der Waals surface area (Å²) < 4.78 is 0. The zero-order chi connectivity index (χ0) is 7.28. The lowest BCUT2D eigenvalue weighted by Gasteiger charge is -2.02. The second-order valence-electron chi connectivity index (χ2n) is 1.88. The number of hydrogen-bond donors (Lipinski definition) is 3. The van der Waals surface area contributed by atoms with Crippen LogP contribution in [-0.2, 0) is 4.79 Å². The summed E-state index contributed by atoms with van der Waals surface area (Å²) in [5, 5.41) is 8.24. The van der Waals surface area contributed by atoms with E-state index in [1.54, 1.807) is 0 Å². The molecule has 0 amide bonds. The Balaban J connectivity index is 3.27. The molecule has 0 unspecified atom stereocenters. The molecule has 4 heteroatoms. The van der Waals surface area contributed by atoms with Crippen molar-refractivity contribution >= 4 is 5.97 Å². The highest BCUT2D eigenvalue weighted by Gasteiger charge is 2.08. The van der Waals surface area contributed by atoms with Crippen LogP contribution in [0.5, 0.6) is 0 Å². The minimum atomic E-state index is -0.955. The third kappa shape index (κ3) is 3.93. The van der Waals surface area contributed by atoms with Crippen molar-refractivity contribution in [2.45, 2.75) is 18.9 Å². The van der Waals surface area contributed by atoms with E-state index in [1.807, 2.05) is 0 Å². The fourth-order valence-electron chi connectivity index (χ4n) is 0.461. The highest BCUT2D eigenvalue weighted by molar-refractivity contribution is 5.72. The summed E-state index contributed by atoms with van der Waals surface area (Å²) in [4.78, 5) is 10.0. The Bertz CT molecular complexity index is 95.0. The van der Waals surface area contributed by atoms with Gasteiger partial charge in [0.15, 0.2) is 0 Å². The zero-order valence-corrected chi connectivity index (χ0v) is 5.21. The van der Waals surface area contributed by atoms with Gasteiger partial charge in [0.25, 0.3) is 0 Å². The molecule has 1 atom stereocenters. The number of nitrogens with two attached hydrogens (primary N) is 2. The maximum Gasteiger partial charge on any atom is 0.320 e. The van der Waals surface area contributed by atoms with Gasteiger partial charge in [0, 0.05) is 0 Å². The fourth-order valence-corrected chi connectivity index (χ4v) is 0.461. The van der Waals surface area contributed by atoms with Crippen LogP contribution in [0.25, 0.3) is 0 Å². The van der Waals surface area contributed by atoms with Gasteiger partial charge in [-0.15, -0.1) is 0 Å². The molecule has 0 aliphatic rings. The van der Waals surface area contributed by atoms with Gasteiger partial charge >= 0.3 is 5.97 Å². The number of rotatable bonds is 4. The highest BCUT2D eigenvalue weighted by atomic mass is 16.4. The minimum absolute atomic E-state index is 0.464. The molecule has 0 saturated heterocycles. The molecule has 9 heavy (non-hydrogen) atoms. The number of carboxylic acid groups (broad SMARTS) is 1. The van der Waals surface area contributed by atoms with Crippen LogP contribution in [0, 0.1) is 0 Å². The summed E-state index contributed by atoms with van der Waals surface area (Å²) in [7, 11) is 0. The standard InChI is InChI=1S/C5H12N2O2/c6-3-1-2-4(7)5(8)9/h4H,1-3,6-7H2,(H,8,9)/t4-/m0/s1/i3+2. The summed E-state index contributed by atoms with van der Waals surface area (Å²) in [6.07, 6.45) is 1.14. The van der Waals surface area contributed by atoms with Gasteiger partial charge in [0.2, 0.25) is 0 Å². The molecule has 0 radical (unpaired) electrons. The third-order valence-corrected chi connectivity index (χ3v) is 1.04. The van der Waals surface area contributed by atoms with E-state index in [0.717, 1.165) is 0 Å². The average Bonchev–Trinajstić information content (AvgIpc) is 1.82. The first-order chi connectivity index (χ1) is 4.18. The Kier molecular flexibility index (Phi) is 4.00. The second kappa shape index (κ2) is 4.29. The molecule has 0 bridgehead atoms. The molecule has 0 saturated carbocycles.